The van der Waals surface area contributed by atoms with Gasteiger partial charge in [0.25, 0.3) is 0 Å². The maximum absolute atomic E-state index is 4.51. The van der Waals surface area contributed by atoms with Crippen LogP contribution in [0.25, 0.3) is 0 Å². The fourth-order valence-corrected chi connectivity index (χ4v) is 2.01. The highest BCUT2D eigenvalue weighted by molar-refractivity contribution is 5.47. The van der Waals surface area contributed by atoms with E-state index < -0.39 is 0 Å². The Morgan fingerprint density at radius 1 is 1.27 bits per heavy atom. The molecule has 0 spiro atoms. The first-order chi connectivity index (χ1) is 7.31. The van der Waals surface area contributed by atoms with Crippen LogP contribution in [0, 0.1) is 0 Å². The number of nitrogens with zero attached hydrogens (tertiary/aromatic N) is 3. The Morgan fingerprint density at radius 3 is 2.67 bits per heavy atom. The molecule has 1 aliphatic rings. The lowest BCUT2D eigenvalue weighted by Crippen LogP contribution is -2.45. The number of anilines is 1. The quantitative estimate of drug-likeness (QED) is 0.727. The van der Waals surface area contributed by atoms with Crippen LogP contribution >= 0.6 is 0 Å². The van der Waals surface area contributed by atoms with Gasteiger partial charge in [-0.05, 0) is 25.1 Å². The van der Waals surface area contributed by atoms with Gasteiger partial charge in [-0.3, -0.25) is 0 Å². The van der Waals surface area contributed by atoms with Crippen LogP contribution in [-0.2, 0) is 6.42 Å². The molecule has 0 N–H and O–H groups in total. The van der Waals surface area contributed by atoms with Crippen molar-refractivity contribution in [3.8, 4) is 0 Å². The molecule has 0 atom stereocenters. The molecule has 3 heteroatoms. The molecule has 0 bridgehead atoms. The van der Waals surface area contributed by atoms with E-state index in [1.165, 1.54) is 11.4 Å². The molecular formula is C12H19N3. The largest absolute Gasteiger partial charge is 0.354 e. The average molecular weight is 205 g/mol. The van der Waals surface area contributed by atoms with Crippen molar-refractivity contribution < 1.29 is 0 Å². The Morgan fingerprint density at radius 2 is 2.00 bits per heavy atom. The predicted octanol–water partition coefficient (Wildman–Crippen LogP) is 1.40. The Labute approximate surface area is 91.7 Å². The van der Waals surface area contributed by atoms with Gasteiger partial charge in [0.15, 0.2) is 0 Å². The van der Waals surface area contributed by atoms with E-state index in [-0.39, 0.29) is 0 Å². The van der Waals surface area contributed by atoms with Gasteiger partial charge in [-0.1, -0.05) is 13.0 Å². The second kappa shape index (κ2) is 4.62. The number of aromatic nitrogens is 1. The zero-order valence-electron chi connectivity index (χ0n) is 9.61. The normalized spacial score (nSPS) is 18.1. The fraction of sp³-hybridized carbons (Fsp3) is 0.583. The number of hydrogen-bond acceptors (Lipinski definition) is 3. The van der Waals surface area contributed by atoms with Crippen molar-refractivity contribution in [2.24, 2.45) is 0 Å². The van der Waals surface area contributed by atoms with E-state index in [1.54, 1.807) is 0 Å². The Balaban J connectivity index is 2.15. The molecule has 82 valence electrons. The fourth-order valence-electron chi connectivity index (χ4n) is 2.01. The molecule has 2 heterocycles. The van der Waals surface area contributed by atoms with E-state index in [4.69, 9.17) is 0 Å². The molecule has 0 radical (unpaired) electrons. The number of hydrogen-bond donors (Lipinski definition) is 0. The third-order valence-electron chi connectivity index (χ3n) is 3.05. The van der Waals surface area contributed by atoms with Crippen LogP contribution in [0.3, 0.4) is 0 Å². The number of piperazine rings is 1. The van der Waals surface area contributed by atoms with Crippen LogP contribution in [0.5, 0.6) is 0 Å². The van der Waals surface area contributed by atoms with Crippen molar-refractivity contribution in [2.75, 3.05) is 38.1 Å². The molecule has 0 amide bonds. The summed E-state index contributed by atoms with van der Waals surface area (Å²) in [6, 6.07) is 4.21. The van der Waals surface area contributed by atoms with E-state index in [0.717, 1.165) is 32.6 Å². The van der Waals surface area contributed by atoms with Gasteiger partial charge in [-0.15, -0.1) is 0 Å². The van der Waals surface area contributed by atoms with Crippen LogP contribution in [0.2, 0.25) is 0 Å². The molecule has 1 saturated heterocycles. The molecular weight excluding hydrogens is 186 g/mol. The van der Waals surface area contributed by atoms with Crippen LogP contribution in [0.15, 0.2) is 18.3 Å². The van der Waals surface area contributed by atoms with Gasteiger partial charge in [0.1, 0.15) is 5.82 Å². The topological polar surface area (TPSA) is 19.4 Å². The van der Waals surface area contributed by atoms with Gasteiger partial charge in [-0.2, -0.15) is 0 Å². The molecule has 1 aromatic heterocycles. The number of pyridine rings is 1. The Hall–Kier alpha value is -1.09. The summed E-state index contributed by atoms with van der Waals surface area (Å²) >= 11 is 0. The van der Waals surface area contributed by atoms with Crippen molar-refractivity contribution in [1.82, 2.24) is 9.88 Å². The van der Waals surface area contributed by atoms with Crippen molar-refractivity contribution in [1.29, 1.82) is 0 Å². The maximum Gasteiger partial charge on any atom is 0.131 e. The summed E-state index contributed by atoms with van der Waals surface area (Å²) in [5.74, 6) is 1.19. The maximum atomic E-state index is 4.51. The Bertz CT molecular complexity index is 316. The summed E-state index contributed by atoms with van der Waals surface area (Å²) < 4.78 is 0. The molecule has 0 aromatic carbocycles. The highest BCUT2D eigenvalue weighted by Crippen LogP contribution is 2.18. The van der Waals surface area contributed by atoms with E-state index in [1.807, 2.05) is 12.3 Å². The lowest BCUT2D eigenvalue weighted by atomic mass is 10.2. The summed E-state index contributed by atoms with van der Waals surface area (Å²) in [7, 11) is 2.18. The van der Waals surface area contributed by atoms with Crippen LogP contribution < -0.4 is 4.90 Å². The minimum Gasteiger partial charge on any atom is -0.354 e. The zero-order chi connectivity index (χ0) is 10.7. The van der Waals surface area contributed by atoms with E-state index in [9.17, 15) is 0 Å². The molecule has 0 saturated carbocycles. The van der Waals surface area contributed by atoms with Crippen molar-refractivity contribution in [3.05, 3.63) is 23.9 Å². The second-order valence-electron chi connectivity index (χ2n) is 4.13. The monoisotopic (exact) mass is 205 g/mol. The number of rotatable bonds is 2. The molecule has 3 nitrogen and oxygen atoms in total. The summed E-state index contributed by atoms with van der Waals surface area (Å²) in [6.07, 6.45) is 2.96. The lowest BCUT2D eigenvalue weighted by molar-refractivity contribution is 0.312. The van der Waals surface area contributed by atoms with Gasteiger partial charge in [-0.25, -0.2) is 4.98 Å². The first-order valence-corrected chi connectivity index (χ1v) is 5.68. The molecule has 1 aromatic rings. The third-order valence-corrected chi connectivity index (χ3v) is 3.05. The van der Waals surface area contributed by atoms with Crippen molar-refractivity contribution in [2.45, 2.75) is 13.3 Å². The summed E-state index contributed by atoms with van der Waals surface area (Å²) in [5, 5.41) is 0. The van der Waals surface area contributed by atoms with Gasteiger partial charge in [0.05, 0.1) is 0 Å². The first kappa shape index (κ1) is 10.4. The smallest absolute Gasteiger partial charge is 0.131 e. The van der Waals surface area contributed by atoms with Gasteiger partial charge < -0.3 is 9.80 Å². The van der Waals surface area contributed by atoms with Crippen molar-refractivity contribution in [3.63, 3.8) is 0 Å². The van der Waals surface area contributed by atoms with Gasteiger partial charge in [0.2, 0.25) is 0 Å². The highest BCUT2D eigenvalue weighted by Gasteiger charge is 2.16. The standard InChI is InChI=1S/C12H19N3/c1-3-11-5-4-6-13-12(11)15-9-7-14(2)8-10-15/h4-6H,3,7-10H2,1-2H3. The Kier molecular flexibility index (Phi) is 3.21. The van der Waals surface area contributed by atoms with Crippen LogP contribution in [0.1, 0.15) is 12.5 Å². The first-order valence-electron chi connectivity index (χ1n) is 5.68. The average Bonchev–Trinajstić information content (AvgIpc) is 2.30. The summed E-state index contributed by atoms with van der Waals surface area (Å²) in [6.45, 7) is 6.66. The zero-order valence-corrected chi connectivity index (χ0v) is 9.61. The molecule has 1 aliphatic heterocycles. The second-order valence-corrected chi connectivity index (χ2v) is 4.13. The minimum atomic E-state index is 1.06. The third kappa shape index (κ3) is 2.29. The minimum absolute atomic E-state index is 1.06. The SMILES string of the molecule is CCc1cccnc1N1CCN(C)CC1. The predicted molar refractivity (Wildman–Crippen MR) is 63.3 cm³/mol. The van der Waals surface area contributed by atoms with E-state index in [0.29, 0.717) is 0 Å². The number of aryl methyl sites for hydroxylation is 1. The lowest BCUT2D eigenvalue weighted by Gasteiger charge is -2.34. The van der Waals surface area contributed by atoms with Gasteiger partial charge >= 0.3 is 0 Å². The molecule has 0 aliphatic carbocycles. The molecule has 1 fully saturated rings. The molecule has 0 unspecified atom stereocenters. The van der Waals surface area contributed by atoms with E-state index >= 15 is 0 Å². The van der Waals surface area contributed by atoms with Crippen LogP contribution in [0.4, 0.5) is 5.82 Å². The van der Waals surface area contributed by atoms with E-state index in [2.05, 4.69) is 34.8 Å². The summed E-state index contributed by atoms with van der Waals surface area (Å²) in [4.78, 5) is 9.27. The highest BCUT2D eigenvalue weighted by atomic mass is 15.3. The summed E-state index contributed by atoms with van der Waals surface area (Å²) in [5.41, 5.74) is 1.36. The molecule has 15 heavy (non-hydrogen) atoms. The number of likely N-dealkylation sites (N-methyl/N-ethyl adjacent to an activating group) is 1. The van der Waals surface area contributed by atoms with Gasteiger partial charge in [0, 0.05) is 32.4 Å². The van der Waals surface area contributed by atoms with Crippen LogP contribution in [-0.4, -0.2) is 43.1 Å². The van der Waals surface area contributed by atoms with Crippen molar-refractivity contribution >= 4 is 5.82 Å². The molecule has 2 rings (SSSR count).